The van der Waals surface area contributed by atoms with Gasteiger partial charge in [-0.2, -0.15) is 0 Å². The Morgan fingerprint density at radius 1 is 1.47 bits per heavy atom. The quantitative estimate of drug-likeness (QED) is 0.771. The minimum Gasteiger partial charge on any atom is -0.363 e. The molecule has 0 saturated carbocycles. The van der Waals surface area contributed by atoms with Crippen LogP contribution in [0.3, 0.4) is 0 Å². The van der Waals surface area contributed by atoms with Gasteiger partial charge in [-0.25, -0.2) is 4.98 Å². The van der Waals surface area contributed by atoms with Crippen molar-refractivity contribution in [2.45, 2.75) is 12.0 Å². The number of para-hydroxylation sites is 1. The molecule has 88 valence electrons. The molecule has 0 bridgehead atoms. The summed E-state index contributed by atoms with van der Waals surface area (Å²) >= 11 is 1.68. The fourth-order valence-corrected chi connectivity index (χ4v) is 3.05. The summed E-state index contributed by atoms with van der Waals surface area (Å²) in [6.07, 6.45) is 0. The van der Waals surface area contributed by atoms with Crippen LogP contribution < -0.4 is 5.56 Å². The van der Waals surface area contributed by atoms with Crippen molar-refractivity contribution in [2.75, 3.05) is 12.9 Å². The lowest BCUT2D eigenvalue weighted by atomic mass is 10.2. The van der Waals surface area contributed by atoms with Gasteiger partial charge in [-0.1, -0.05) is 12.1 Å². The summed E-state index contributed by atoms with van der Waals surface area (Å²) < 4.78 is 7.09. The molecule has 1 aliphatic rings. The van der Waals surface area contributed by atoms with Gasteiger partial charge in [0, 0.05) is 19.4 Å². The molecule has 1 unspecified atom stereocenters. The molecule has 0 N–H and O–H groups in total. The van der Waals surface area contributed by atoms with Gasteiger partial charge in [0.2, 0.25) is 0 Å². The topological polar surface area (TPSA) is 44.1 Å². The van der Waals surface area contributed by atoms with Crippen LogP contribution in [-0.4, -0.2) is 22.4 Å². The summed E-state index contributed by atoms with van der Waals surface area (Å²) in [7, 11) is 1.65. The summed E-state index contributed by atoms with van der Waals surface area (Å²) in [5, 5.41) is 0.679. The molecule has 2 aromatic rings. The minimum atomic E-state index is -0.138. The van der Waals surface area contributed by atoms with E-state index < -0.39 is 0 Å². The highest BCUT2D eigenvalue weighted by atomic mass is 32.2. The monoisotopic (exact) mass is 248 g/mol. The van der Waals surface area contributed by atoms with Crippen molar-refractivity contribution in [1.82, 2.24) is 9.55 Å². The standard InChI is InChI=1S/C12H12N2O2S/c1-16-12-10-13-9-5-3-2-4-8(9)11(15)14(10)6-7-17-12/h2-5,12H,6-7H2,1H3. The number of aromatic nitrogens is 2. The molecule has 1 aromatic carbocycles. The second-order valence-corrected chi connectivity index (χ2v) is 5.05. The molecule has 2 heterocycles. The van der Waals surface area contributed by atoms with Crippen molar-refractivity contribution in [2.24, 2.45) is 0 Å². The third kappa shape index (κ3) is 1.66. The van der Waals surface area contributed by atoms with Crippen LogP contribution in [0.4, 0.5) is 0 Å². The number of nitrogens with zero attached hydrogens (tertiary/aromatic N) is 2. The van der Waals surface area contributed by atoms with Crippen molar-refractivity contribution < 1.29 is 4.74 Å². The first-order valence-corrected chi connectivity index (χ1v) is 6.50. The Hall–Kier alpha value is -1.33. The molecule has 0 spiro atoms. The lowest BCUT2D eigenvalue weighted by Gasteiger charge is -2.24. The van der Waals surface area contributed by atoms with Crippen LogP contribution in [0.5, 0.6) is 0 Å². The van der Waals surface area contributed by atoms with Gasteiger partial charge in [0.25, 0.3) is 5.56 Å². The molecule has 1 atom stereocenters. The molecule has 5 heteroatoms. The highest BCUT2D eigenvalue weighted by Crippen LogP contribution is 2.31. The average molecular weight is 248 g/mol. The van der Waals surface area contributed by atoms with E-state index in [1.165, 1.54) is 0 Å². The Morgan fingerprint density at radius 2 is 2.29 bits per heavy atom. The highest BCUT2D eigenvalue weighted by molar-refractivity contribution is 7.99. The second kappa shape index (κ2) is 4.16. The van der Waals surface area contributed by atoms with E-state index in [4.69, 9.17) is 4.74 Å². The first kappa shape index (κ1) is 10.8. The van der Waals surface area contributed by atoms with Crippen LogP contribution in [0, 0.1) is 0 Å². The normalized spacial score (nSPS) is 19.2. The van der Waals surface area contributed by atoms with Crippen molar-refractivity contribution in [3.8, 4) is 0 Å². The van der Waals surface area contributed by atoms with E-state index in [-0.39, 0.29) is 11.0 Å². The van der Waals surface area contributed by atoms with Gasteiger partial charge >= 0.3 is 0 Å². The molecule has 3 rings (SSSR count). The molecule has 0 fully saturated rings. The molecular formula is C12H12N2O2S. The highest BCUT2D eigenvalue weighted by Gasteiger charge is 2.23. The number of fused-ring (bicyclic) bond motifs is 2. The molecular weight excluding hydrogens is 236 g/mol. The van der Waals surface area contributed by atoms with Gasteiger partial charge in [-0.05, 0) is 12.1 Å². The number of thioether (sulfide) groups is 1. The predicted molar refractivity (Wildman–Crippen MR) is 68.2 cm³/mol. The van der Waals surface area contributed by atoms with E-state index >= 15 is 0 Å². The van der Waals surface area contributed by atoms with Crippen LogP contribution >= 0.6 is 11.8 Å². The summed E-state index contributed by atoms with van der Waals surface area (Å²) in [6.45, 7) is 0.705. The van der Waals surface area contributed by atoms with Crippen LogP contribution in [-0.2, 0) is 11.3 Å². The zero-order valence-electron chi connectivity index (χ0n) is 9.42. The Labute approximate surface area is 103 Å². The molecule has 0 radical (unpaired) electrons. The van der Waals surface area contributed by atoms with Crippen LogP contribution in [0.15, 0.2) is 29.1 Å². The lowest BCUT2D eigenvalue weighted by Crippen LogP contribution is -2.30. The van der Waals surface area contributed by atoms with E-state index in [0.717, 1.165) is 17.1 Å². The van der Waals surface area contributed by atoms with Gasteiger partial charge in [-0.15, -0.1) is 11.8 Å². The summed E-state index contributed by atoms with van der Waals surface area (Å²) in [6, 6.07) is 7.44. The van der Waals surface area contributed by atoms with E-state index in [1.807, 2.05) is 24.3 Å². The van der Waals surface area contributed by atoms with Crippen molar-refractivity contribution in [3.05, 3.63) is 40.4 Å². The summed E-state index contributed by atoms with van der Waals surface area (Å²) in [4.78, 5) is 16.8. The van der Waals surface area contributed by atoms with Gasteiger partial charge in [-0.3, -0.25) is 9.36 Å². The Bertz CT molecular complexity index is 623. The molecule has 4 nitrogen and oxygen atoms in total. The smallest absolute Gasteiger partial charge is 0.261 e. The largest absolute Gasteiger partial charge is 0.363 e. The molecule has 1 aromatic heterocycles. The first-order chi connectivity index (χ1) is 8.31. The molecule has 1 aliphatic heterocycles. The number of rotatable bonds is 1. The summed E-state index contributed by atoms with van der Waals surface area (Å²) in [5.74, 6) is 1.61. The lowest BCUT2D eigenvalue weighted by molar-refractivity contribution is 0.161. The zero-order valence-corrected chi connectivity index (χ0v) is 10.2. The van der Waals surface area contributed by atoms with Crippen molar-refractivity contribution in [1.29, 1.82) is 0 Å². The SMILES string of the molecule is COC1SCCn2c1nc1ccccc1c2=O. The maximum atomic E-state index is 12.3. The van der Waals surface area contributed by atoms with Crippen molar-refractivity contribution >= 4 is 22.7 Å². The van der Waals surface area contributed by atoms with Crippen molar-refractivity contribution in [3.63, 3.8) is 0 Å². The van der Waals surface area contributed by atoms with Crippen LogP contribution in [0.25, 0.3) is 10.9 Å². The fourth-order valence-electron chi connectivity index (χ4n) is 2.08. The molecule has 17 heavy (non-hydrogen) atoms. The number of benzene rings is 1. The molecule has 0 saturated heterocycles. The van der Waals surface area contributed by atoms with E-state index in [1.54, 1.807) is 23.4 Å². The minimum absolute atomic E-state index is 0.0351. The number of hydrogen-bond donors (Lipinski definition) is 0. The number of hydrogen-bond acceptors (Lipinski definition) is 4. The first-order valence-electron chi connectivity index (χ1n) is 5.45. The van der Waals surface area contributed by atoms with E-state index in [0.29, 0.717) is 11.9 Å². The van der Waals surface area contributed by atoms with Gasteiger partial charge in [0.1, 0.15) is 0 Å². The van der Waals surface area contributed by atoms with Crippen LogP contribution in [0.2, 0.25) is 0 Å². The summed E-state index contributed by atoms with van der Waals surface area (Å²) in [5.41, 5.74) is 0.641. The molecule has 0 aliphatic carbocycles. The Kier molecular flexibility index (Phi) is 2.64. The Balaban J connectivity index is 2.34. The second-order valence-electron chi connectivity index (χ2n) is 3.88. The van der Waals surface area contributed by atoms with Crippen LogP contribution in [0.1, 0.15) is 11.3 Å². The average Bonchev–Trinajstić information content (AvgIpc) is 2.38. The maximum Gasteiger partial charge on any atom is 0.261 e. The number of methoxy groups -OCH3 is 1. The number of ether oxygens (including phenoxy) is 1. The molecule has 0 amide bonds. The van der Waals surface area contributed by atoms with Gasteiger partial charge in [0.05, 0.1) is 10.9 Å². The third-order valence-electron chi connectivity index (χ3n) is 2.90. The zero-order chi connectivity index (χ0) is 11.8. The van der Waals surface area contributed by atoms with E-state index in [2.05, 4.69) is 4.98 Å². The van der Waals surface area contributed by atoms with Gasteiger partial charge < -0.3 is 4.74 Å². The fraction of sp³-hybridized carbons (Fsp3) is 0.333. The van der Waals surface area contributed by atoms with E-state index in [9.17, 15) is 4.79 Å². The van der Waals surface area contributed by atoms with Gasteiger partial charge in [0.15, 0.2) is 11.3 Å². The Morgan fingerprint density at radius 3 is 3.12 bits per heavy atom. The third-order valence-corrected chi connectivity index (χ3v) is 4.02. The predicted octanol–water partition coefficient (Wildman–Crippen LogP) is 1.79. The maximum absolute atomic E-state index is 12.3.